The van der Waals surface area contributed by atoms with Crippen molar-refractivity contribution in [1.82, 2.24) is 13.8 Å². The Morgan fingerprint density at radius 1 is 1.04 bits per heavy atom. The number of hydrogen-bond acceptors (Lipinski definition) is 4. The number of thiophene rings is 1. The summed E-state index contributed by atoms with van der Waals surface area (Å²) in [5.74, 6) is 0.0217. The lowest BCUT2D eigenvalue weighted by atomic mass is 10.2. The van der Waals surface area contributed by atoms with Gasteiger partial charge in [0.15, 0.2) is 0 Å². The highest BCUT2D eigenvalue weighted by Gasteiger charge is 2.31. The second-order valence-electron chi connectivity index (χ2n) is 7.08. The number of aryl methyl sites for hydroxylation is 2. The zero-order valence-corrected chi connectivity index (χ0v) is 17.6. The van der Waals surface area contributed by atoms with Crippen LogP contribution < -0.4 is 0 Å². The molecule has 0 spiro atoms. The van der Waals surface area contributed by atoms with Gasteiger partial charge in [0.2, 0.25) is 5.91 Å². The topological polar surface area (TPSA) is 62.6 Å². The first-order valence-corrected chi connectivity index (χ1v) is 11.5. The summed E-state index contributed by atoms with van der Waals surface area (Å²) in [6.45, 7) is 5.67. The van der Waals surface area contributed by atoms with E-state index in [2.05, 4.69) is 6.07 Å². The summed E-state index contributed by atoms with van der Waals surface area (Å²) in [6, 6.07) is 13.6. The van der Waals surface area contributed by atoms with E-state index in [1.165, 1.54) is 15.6 Å². The summed E-state index contributed by atoms with van der Waals surface area (Å²) >= 11 is 1.29. The number of para-hydroxylation sites is 1. The van der Waals surface area contributed by atoms with Gasteiger partial charge in [-0.25, -0.2) is 8.42 Å². The molecule has 0 saturated carbocycles. The lowest BCUT2D eigenvalue weighted by Gasteiger charge is -2.34. The van der Waals surface area contributed by atoms with Crippen LogP contribution in [0.4, 0.5) is 0 Å². The van der Waals surface area contributed by atoms with E-state index < -0.39 is 10.0 Å². The molecular formula is C20H23N3O3S2. The van der Waals surface area contributed by atoms with Crippen molar-refractivity contribution in [3.05, 3.63) is 53.0 Å². The second kappa shape index (κ2) is 7.35. The Kier molecular flexibility index (Phi) is 5.03. The first kappa shape index (κ1) is 19.2. The van der Waals surface area contributed by atoms with E-state index in [9.17, 15) is 13.2 Å². The molecule has 3 heterocycles. The molecule has 6 nitrogen and oxygen atoms in total. The van der Waals surface area contributed by atoms with Crippen LogP contribution in [0.1, 0.15) is 10.6 Å². The van der Waals surface area contributed by atoms with Crippen LogP contribution in [-0.2, 0) is 21.4 Å². The van der Waals surface area contributed by atoms with E-state index >= 15 is 0 Å². The molecule has 1 saturated heterocycles. The molecule has 0 unspecified atom stereocenters. The van der Waals surface area contributed by atoms with Crippen molar-refractivity contribution in [2.75, 3.05) is 26.2 Å². The molecule has 0 N–H and O–H groups in total. The first-order valence-electron chi connectivity index (χ1n) is 9.25. The van der Waals surface area contributed by atoms with Gasteiger partial charge in [-0.15, -0.1) is 11.3 Å². The number of amides is 1. The lowest BCUT2D eigenvalue weighted by Crippen LogP contribution is -2.51. The molecule has 2 aromatic heterocycles. The summed E-state index contributed by atoms with van der Waals surface area (Å²) in [7, 11) is -3.47. The van der Waals surface area contributed by atoms with E-state index in [0.717, 1.165) is 21.5 Å². The molecule has 0 radical (unpaired) electrons. The monoisotopic (exact) mass is 417 g/mol. The van der Waals surface area contributed by atoms with Crippen molar-refractivity contribution in [3.8, 4) is 0 Å². The van der Waals surface area contributed by atoms with Crippen LogP contribution in [0.15, 0.2) is 46.7 Å². The molecule has 3 aromatic rings. The predicted octanol–water partition coefficient (Wildman–Crippen LogP) is 2.85. The van der Waals surface area contributed by atoms with Crippen molar-refractivity contribution >= 4 is 38.2 Å². The van der Waals surface area contributed by atoms with E-state index in [0.29, 0.717) is 30.4 Å². The SMILES string of the molecule is Cc1ccc(S(=O)(=O)N2CCN(C(=O)Cn3c(C)cc4ccccc43)CC2)s1. The minimum atomic E-state index is -3.47. The van der Waals surface area contributed by atoms with Crippen LogP contribution in [0.3, 0.4) is 0 Å². The number of piperazine rings is 1. The van der Waals surface area contributed by atoms with Crippen LogP contribution in [0.2, 0.25) is 0 Å². The summed E-state index contributed by atoms with van der Waals surface area (Å²) in [5, 5.41) is 1.12. The molecule has 1 aliphatic heterocycles. The number of rotatable bonds is 4. The molecule has 1 fully saturated rings. The maximum Gasteiger partial charge on any atom is 0.252 e. The van der Waals surface area contributed by atoms with Crippen LogP contribution >= 0.6 is 11.3 Å². The smallest absolute Gasteiger partial charge is 0.252 e. The molecule has 1 aliphatic rings. The summed E-state index contributed by atoms with van der Waals surface area (Å²) < 4.78 is 29.4. The maximum atomic E-state index is 12.8. The fourth-order valence-corrected chi connectivity index (χ4v) is 6.51. The Morgan fingerprint density at radius 3 is 2.43 bits per heavy atom. The minimum Gasteiger partial charge on any atom is -0.339 e. The van der Waals surface area contributed by atoms with Crippen LogP contribution in [-0.4, -0.2) is 54.3 Å². The van der Waals surface area contributed by atoms with Crippen LogP contribution in [0, 0.1) is 13.8 Å². The van der Waals surface area contributed by atoms with Gasteiger partial charge in [0.25, 0.3) is 10.0 Å². The minimum absolute atomic E-state index is 0.0217. The molecule has 8 heteroatoms. The number of aromatic nitrogens is 1. The Bertz CT molecular complexity index is 1120. The summed E-state index contributed by atoms with van der Waals surface area (Å²) in [5.41, 5.74) is 2.09. The van der Waals surface area contributed by atoms with Gasteiger partial charge in [-0.3, -0.25) is 4.79 Å². The third-order valence-electron chi connectivity index (χ3n) is 5.21. The largest absolute Gasteiger partial charge is 0.339 e. The number of fused-ring (bicyclic) bond motifs is 1. The van der Waals surface area contributed by atoms with Gasteiger partial charge in [-0.1, -0.05) is 18.2 Å². The molecule has 0 bridgehead atoms. The number of carbonyl (C=O) groups excluding carboxylic acids is 1. The Hall–Kier alpha value is -2.16. The van der Waals surface area contributed by atoms with Gasteiger partial charge in [-0.05, 0) is 43.5 Å². The third-order valence-corrected chi connectivity index (χ3v) is 8.58. The normalized spacial score (nSPS) is 16.0. The Balaban J connectivity index is 1.43. The molecule has 1 aromatic carbocycles. The number of benzene rings is 1. The molecular weight excluding hydrogens is 394 g/mol. The van der Waals surface area contributed by atoms with Crippen molar-refractivity contribution in [2.45, 2.75) is 24.6 Å². The van der Waals surface area contributed by atoms with Gasteiger partial charge < -0.3 is 9.47 Å². The van der Waals surface area contributed by atoms with Crippen molar-refractivity contribution in [1.29, 1.82) is 0 Å². The molecule has 0 aliphatic carbocycles. The van der Waals surface area contributed by atoms with E-state index in [-0.39, 0.29) is 12.5 Å². The standard InChI is InChI=1S/C20H23N3O3S2/c1-15-13-17-5-3-4-6-18(17)23(15)14-19(24)21-9-11-22(12-10-21)28(25,26)20-8-7-16(2)27-20/h3-8,13H,9-12,14H2,1-2H3. The number of carbonyl (C=O) groups is 1. The molecule has 0 atom stereocenters. The molecule has 1 amide bonds. The Morgan fingerprint density at radius 2 is 1.75 bits per heavy atom. The summed E-state index contributed by atoms with van der Waals surface area (Å²) in [6.07, 6.45) is 0. The maximum absolute atomic E-state index is 12.8. The van der Waals surface area contributed by atoms with Crippen molar-refractivity contribution in [2.24, 2.45) is 0 Å². The van der Waals surface area contributed by atoms with Crippen molar-refractivity contribution < 1.29 is 13.2 Å². The van der Waals surface area contributed by atoms with Gasteiger partial charge in [-0.2, -0.15) is 4.31 Å². The number of sulfonamides is 1. The summed E-state index contributed by atoms with van der Waals surface area (Å²) in [4.78, 5) is 15.6. The lowest BCUT2D eigenvalue weighted by molar-refractivity contribution is -0.132. The number of nitrogens with zero attached hydrogens (tertiary/aromatic N) is 3. The van der Waals surface area contributed by atoms with E-state index in [4.69, 9.17) is 0 Å². The highest BCUT2D eigenvalue weighted by molar-refractivity contribution is 7.91. The average Bonchev–Trinajstić information content (AvgIpc) is 3.26. The van der Waals surface area contributed by atoms with Gasteiger partial charge in [0.05, 0.1) is 0 Å². The third kappa shape index (κ3) is 3.47. The second-order valence-corrected chi connectivity index (χ2v) is 10.5. The highest BCUT2D eigenvalue weighted by atomic mass is 32.2. The van der Waals surface area contributed by atoms with Gasteiger partial charge in [0.1, 0.15) is 10.8 Å². The first-order chi connectivity index (χ1) is 13.4. The van der Waals surface area contributed by atoms with Crippen molar-refractivity contribution in [3.63, 3.8) is 0 Å². The fraction of sp³-hybridized carbons (Fsp3) is 0.350. The molecule has 28 heavy (non-hydrogen) atoms. The van der Waals surface area contributed by atoms with Gasteiger partial charge >= 0.3 is 0 Å². The van der Waals surface area contributed by atoms with E-state index in [1.807, 2.05) is 48.7 Å². The quantitative estimate of drug-likeness (QED) is 0.656. The van der Waals surface area contributed by atoms with Gasteiger partial charge in [0, 0.05) is 42.3 Å². The number of hydrogen-bond donors (Lipinski definition) is 0. The zero-order chi connectivity index (χ0) is 19.9. The fourth-order valence-electron chi connectivity index (χ4n) is 3.65. The molecule has 4 rings (SSSR count). The zero-order valence-electron chi connectivity index (χ0n) is 16.0. The Labute approximate surface area is 169 Å². The average molecular weight is 418 g/mol. The van der Waals surface area contributed by atoms with Crippen LogP contribution in [0.25, 0.3) is 10.9 Å². The predicted molar refractivity (Wildman–Crippen MR) is 111 cm³/mol. The van der Waals surface area contributed by atoms with E-state index in [1.54, 1.807) is 11.0 Å². The molecule has 148 valence electrons. The van der Waals surface area contributed by atoms with Crippen LogP contribution in [0.5, 0.6) is 0 Å². The highest BCUT2D eigenvalue weighted by Crippen LogP contribution is 2.25.